The van der Waals surface area contributed by atoms with Crippen LogP contribution in [0.3, 0.4) is 0 Å². The number of hydrogen-bond acceptors (Lipinski definition) is 4. The first-order valence-corrected chi connectivity index (χ1v) is 7.18. The van der Waals surface area contributed by atoms with E-state index in [4.69, 9.17) is 0 Å². The van der Waals surface area contributed by atoms with E-state index in [9.17, 15) is 23.4 Å². The van der Waals surface area contributed by atoms with Crippen LogP contribution in [0, 0.1) is 10.1 Å². The fraction of sp³-hybridized carbons (Fsp3) is 0.462. The molecular formula is C13H16F2N2O3S. The second kappa shape index (κ2) is 6.48. The Bertz CT molecular complexity index is 571. The molecule has 1 rings (SSSR count). The maximum atomic E-state index is 12.8. The highest BCUT2D eigenvalue weighted by molar-refractivity contribution is 7.91. The fourth-order valence-corrected chi connectivity index (χ4v) is 2.02. The molecular weight excluding hydrogens is 302 g/mol. The van der Waals surface area contributed by atoms with Gasteiger partial charge in [0.05, 0.1) is 10.6 Å². The summed E-state index contributed by atoms with van der Waals surface area (Å²) in [5.41, 5.74) is -0.528. The molecule has 0 radical (unpaired) electrons. The largest absolute Gasteiger partial charge is 0.591 e. The van der Waals surface area contributed by atoms with Crippen LogP contribution in [0.5, 0.6) is 0 Å². The zero-order valence-electron chi connectivity index (χ0n) is 12.1. The number of benzene rings is 1. The molecule has 0 aromatic heterocycles. The molecule has 0 saturated carbocycles. The molecule has 0 fully saturated rings. The van der Waals surface area contributed by atoms with E-state index in [2.05, 4.69) is 4.40 Å². The van der Waals surface area contributed by atoms with Crippen molar-refractivity contribution in [2.75, 3.05) is 0 Å². The molecule has 1 atom stereocenters. The normalized spacial score (nSPS) is 14.4. The smallest absolute Gasteiger partial charge is 0.270 e. The van der Waals surface area contributed by atoms with Crippen LogP contribution < -0.4 is 0 Å². The van der Waals surface area contributed by atoms with Crippen molar-refractivity contribution in [1.82, 2.24) is 0 Å². The summed E-state index contributed by atoms with van der Waals surface area (Å²) in [6.07, 6.45) is -2.83. The molecule has 0 aliphatic rings. The van der Waals surface area contributed by atoms with Gasteiger partial charge >= 0.3 is 0 Å². The summed E-state index contributed by atoms with van der Waals surface area (Å²) >= 11 is -1.57. The first-order chi connectivity index (χ1) is 9.52. The van der Waals surface area contributed by atoms with Crippen LogP contribution in [-0.4, -0.2) is 19.9 Å². The minimum absolute atomic E-state index is 0.164. The number of nitrogens with zero attached hydrogens (tertiary/aromatic N) is 2. The van der Waals surface area contributed by atoms with Gasteiger partial charge in [0.25, 0.3) is 12.1 Å². The van der Waals surface area contributed by atoms with Gasteiger partial charge in [0, 0.05) is 23.3 Å². The molecule has 5 nitrogen and oxygen atoms in total. The van der Waals surface area contributed by atoms with Gasteiger partial charge in [0.1, 0.15) is 16.1 Å². The molecule has 1 aromatic rings. The number of nitro groups is 1. The van der Waals surface area contributed by atoms with Crippen LogP contribution in [0.25, 0.3) is 0 Å². The minimum atomic E-state index is -2.83. The Morgan fingerprint density at radius 3 is 2.33 bits per heavy atom. The Balaban J connectivity index is 3.29. The fourth-order valence-electron chi connectivity index (χ4n) is 1.39. The van der Waals surface area contributed by atoms with E-state index in [1.165, 1.54) is 6.92 Å². The summed E-state index contributed by atoms with van der Waals surface area (Å²) < 4.78 is 40.8. The lowest BCUT2D eigenvalue weighted by atomic mass is 10.1. The van der Waals surface area contributed by atoms with E-state index in [-0.39, 0.29) is 11.3 Å². The van der Waals surface area contributed by atoms with Gasteiger partial charge in [-0.3, -0.25) is 10.1 Å². The van der Waals surface area contributed by atoms with Gasteiger partial charge in [0.15, 0.2) is 0 Å². The Morgan fingerprint density at radius 2 is 1.90 bits per heavy atom. The molecule has 1 aromatic carbocycles. The molecule has 0 aliphatic heterocycles. The second-order valence-corrected chi connectivity index (χ2v) is 7.31. The monoisotopic (exact) mass is 318 g/mol. The average Bonchev–Trinajstić information content (AvgIpc) is 2.36. The van der Waals surface area contributed by atoms with E-state index in [0.29, 0.717) is 0 Å². The van der Waals surface area contributed by atoms with Crippen molar-refractivity contribution in [3.63, 3.8) is 0 Å². The van der Waals surface area contributed by atoms with Crippen molar-refractivity contribution in [2.45, 2.75) is 38.9 Å². The lowest BCUT2D eigenvalue weighted by Gasteiger charge is -2.18. The first-order valence-electron chi connectivity index (χ1n) is 6.07. The number of alkyl halides is 2. The third-order valence-corrected chi connectivity index (χ3v) is 4.05. The van der Waals surface area contributed by atoms with Crippen LogP contribution in [0.2, 0.25) is 0 Å². The predicted molar refractivity (Wildman–Crippen MR) is 78.2 cm³/mol. The Hall–Kier alpha value is -1.54. The van der Waals surface area contributed by atoms with E-state index in [0.717, 1.165) is 18.2 Å². The molecule has 116 valence electrons. The third-order valence-electron chi connectivity index (χ3n) is 2.56. The zero-order chi connectivity index (χ0) is 16.4. The van der Waals surface area contributed by atoms with Gasteiger partial charge in [-0.05, 0) is 33.8 Å². The van der Waals surface area contributed by atoms with E-state index >= 15 is 0 Å². The highest BCUT2D eigenvalue weighted by Gasteiger charge is 2.27. The standard InChI is InChI=1S/C13H16F2N2O3S/c1-8(16-21(20)13(2,3)4)9-5-10(12(14)15)7-11(6-9)17(18)19/h5-7,12H,1-4H3/b16-8-. The first kappa shape index (κ1) is 17.5. The van der Waals surface area contributed by atoms with Gasteiger partial charge in [-0.15, -0.1) is 0 Å². The second-order valence-electron chi connectivity index (χ2n) is 5.41. The zero-order valence-corrected chi connectivity index (χ0v) is 12.9. The summed E-state index contributed by atoms with van der Waals surface area (Å²) in [4.78, 5) is 10.0. The van der Waals surface area contributed by atoms with Crippen molar-refractivity contribution >= 4 is 22.8 Å². The van der Waals surface area contributed by atoms with Crippen LogP contribution in [0.4, 0.5) is 14.5 Å². The van der Waals surface area contributed by atoms with Gasteiger partial charge in [-0.2, -0.15) is 0 Å². The van der Waals surface area contributed by atoms with Crippen molar-refractivity contribution in [1.29, 1.82) is 0 Å². The van der Waals surface area contributed by atoms with Gasteiger partial charge < -0.3 is 4.55 Å². The Labute approximate surface area is 124 Å². The minimum Gasteiger partial charge on any atom is -0.591 e. The number of rotatable bonds is 4. The summed E-state index contributed by atoms with van der Waals surface area (Å²) in [6, 6.07) is 3.09. The van der Waals surface area contributed by atoms with Gasteiger partial charge in [-0.1, -0.05) is 4.40 Å². The van der Waals surface area contributed by atoms with Crippen LogP contribution in [-0.2, 0) is 11.4 Å². The maximum Gasteiger partial charge on any atom is 0.270 e. The molecule has 0 aliphatic carbocycles. The van der Waals surface area contributed by atoms with Gasteiger partial charge in [-0.25, -0.2) is 8.78 Å². The summed E-state index contributed by atoms with van der Waals surface area (Å²) in [6.45, 7) is 6.64. The lowest BCUT2D eigenvalue weighted by molar-refractivity contribution is -0.385. The molecule has 1 unspecified atom stereocenters. The van der Waals surface area contributed by atoms with E-state index in [1.54, 1.807) is 20.8 Å². The topological polar surface area (TPSA) is 78.6 Å². The Kier molecular flexibility index (Phi) is 5.41. The third kappa shape index (κ3) is 4.75. The van der Waals surface area contributed by atoms with Crippen LogP contribution in [0.1, 0.15) is 45.2 Å². The van der Waals surface area contributed by atoms with Crippen LogP contribution in [0.15, 0.2) is 22.6 Å². The SMILES string of the molecule is C/C(=N/[S+]([O-])C(C)(C)C)c1cc(C(F)F)cc([N+](=O)[O-])c1. The number of non-ortho nitro benzene ring substituents is 1. The molecule has 8 heteroatoms. The van der Waals surface area contributed by atoms with Crippen molar-refractivity contribution in [3.8, 4) is 0 Å². The summed E-state index contributed by atoms with van der Waals surface area (Å²) in [5.74, 6) is 0. The summed E-state index contributed by atoms with van der Waals surface area (Å²) in [7, 11) is 0. The highest BCUT2D eigenvalue weighted by Crippen LogP contribution is 2.26. The Morgan fingerprint density at radius 1 is 1.33 bits per heavy atom. The average molecular weight is 318 g/mol. The molecule has 0 saturated heterocycles. The van der Waals surface area contributed by atoms with E-state index in [1.807, 2.05) is 0 Å². The van der Waals surface area contributed by atoms with Crippen molar-refractivity contribution < 1.29 is 18.3 Å². The van der Waals surface area contributed by atoms with E-state index < -0.39 is 38.7 Å². The summed E-state index contributed by atoms with van der Waals surface area (Å²) in [5, 5.41) is 10.8. The number of nitro benzene ring substituents is 1. The lowest BCUT2D eigenvalue weighted by Crippen LogP contribution is -2.26. The number of hydrogen-bond donors (Lipinski definition) is 0. The van der Waals surface area contributed by atoms with Crippen molar-refractivity contribution in [2.24, 2.45) is 4.40 Å². The number of halogens is 2. The van der Waals surface area contributed by atoms with Crippen LogP contribution >= 0.6 is 0 Å². The van der Waals surface area contributed by atoms with Crippen molar-refractivity contribution in [3.05, 3.63) is 39.4 Å². The molecule has 0 N–H and O–H groups in total. The quantitative estimate of drug-likeness (QED) is 0.366. The molecule has 0 heterocycles. The molecule has 21 heavy (non-hydrogen) atoms. The van der Waals surface area contributed by atoms with Gasteiger partial charge in [0.2, 0.25) is 0 Å². The highest BCUT2D eigenvalue weighted by atomic mass is 32.2. The molecule has 0 amide bonds. The predicted octanol–water partition coefficient (Wildman–Crippen LogP) is 3.80. The molecule has 0 bridgehead atoms. The maximum absolute atomic E-state index is 12.8. The molecule has 0 spiro atoms.